The molecule has 0 saturated heterocycles. The van der Waals surface area contributed by atoms with E-state index in [-0.39, 0.29) is 30.7 Å². The van der Waals surface area contributed by atoms with Crippen molar-refractivity contribution in [3.8, 4) is 0 Å². The molecule has 0 spiro atoms. The average molecular weight is 229 g/mol. The minimum atomic E-state index is 0. The Morgan fingerprint density at radius 2 is 2.00 bits per heavy atom. The molecule has 0 aromatic carbocycles. The van der Waals surface area contributed by atoms with Crippen LogP contribution in [0.3, 0.4) is 0 Å². The molecule has 0 atom stereocenters. The standard InChI is InChI=1S/C8H16N2O.2ClH/c9-5-2-6-10-8(11)7-3-1-4-7;;/h7H,1-6,9H2,(H,10,11);2*1H. The van der Waals surface area contributed by atoms with Gasteiger partial charge in [0.2, 0.25) is 5.91 Å². The molecule has 0 aliphatic heterocycles. The maximum Gasteiger partial charge on any atom is 0.223 e. The molecule has 1 amide bonds. The Morgan fingerprint density at radius 1 is 1.38 bits per heavy atom. The number of carbonyl (C=O) groups is 1. The van der Waals surface area contributed by atoms with Crippen molar-refractivity contribution in [3.05, 3.63) is 0 Å². The number of nitrogens with two attached hydrogens (primary N) is 1. The van der Waals surface area contributed by atoms with Gasteiger partial charge >= 0.3 is 0 Å². The van der Waals surface area contributed by atoms with Gasteiger partial charge in [0.25, 0.3) is 0 Å². The first-order valence-corrected chi connectivity index (χ1v) is 4.32. The fourth-order valence-corrected chi connectivity index (χ4v) is 1.13. The van der Waals surface area contributed by atoms with E-state index in [4.69, 9.17) is 5.73 Å². The summed E-state index contributed by atoms with van der Waals surface area (Å²) in [5.74, 6) is 0.539. The van der Waals surface area contributed by atoms with Gasteiger partial charge < -0.3 is 11.1 Å². The van der Waals surface area contributed by atoms with Crippen molar-refractivity contribution in [1.82, 2.24) is 5.32 Å². The smallest absolute Gasteiger partial charge is 0.223 e. The predicted molar refractivity (Wildman–Crippen MR) is 58.5 cm³/mol. The van der Waals surface area contributed by atoms with Gasteiger partial charge in [0.1, 0.15) is 0 Å². The Morgan fingerprint density at radius 3 is 2.38 bits per heavy atom. The van der Waals surface area contributed by atoms with E-state index in [1.807, 2.05) is 0 Å². The van der Waals surface area contributed by atoms with E-state index in [2.05, 4.69) is 5.32 Å². The number of amides is 1. The lowest BCUT2D eigenvalue weighted by Gasteiger charge is -2.23. The van der Waals surface area contributed by atoms with Gasteiger partial charge in [0.15, 0.2) is 0 Å². The molecule has 0 radical (unpaired) electrons. The van der Waals surface area contributed by atoms with Crippen LogP contribution in [0.2, 0.25) is 0 Å². The highest BCUT2D eigenvalue weighted by Crippen LogP contribution is 2.25. The Balaban J connectivity index is 0. The van der Waals surface area contributed by atoms with Crippen molar-refractivity contribution in [2.75, 3.05) is 13.1 Å². The predicted octanol–water partition coefficient (Wildman–Crippen LogP) is 1.10. The van der Waals surface area contributed by atoms with E-state index in [0.717, 1.165) is 25.8 Å². The van der Waals surface area contributed by atoms with E-state index in [1.54, 1.807) is 0 Å². The third-order valence-electron chi connectivity index (χ3n) is 2.16. The number of nitrogens with one attached hydrogen (secondary N) is 1. The number of hydrogen-bond acceptors (Lipinski definition) is 2. The lowest BCUT2D eigenvalue weighted by Crippen LogP contribution is -2.35. The SMILES string of the molecule is Cl.Cl.NCCCNC(=O)C1CCC1. The molecule has 0 aromatic heterocycles. The molecule has 0 unspecified atom stereocenters. The number of hydrogen-bond donors (Lipinski definition) is 2. The van der Waals surface area contributed by atoms with E-state index >= 15 is 0 Å². The van der Waals surface area contributed by atoms with Gasteiger partial charge in [0, 0.05) is 12.5 Å². The molecule has 0 aromatic rings. The van der Waals surface area contributed by atoms with Crippen LogP contribution in [-0.4, -0.2) is 19.0 Å². The number of rotatable bonds is 4. The Hall–Kier alpha value is 0.01000. The summed E-state index contributed by atoms with van der Waals surface area (Å²) < 4.78 is 0. The van der Waals surface area contributed by atoms with Gasteiger partial charge in [-0.25, -0.2) is 0 Å². The van der Waals surface area contributed by atoms with Crippen LogP contribution in [0.4, 0.5) is 0 Å². The molecule has 0 heterocycles. The maximum atomic E-state index is 11.1. The summed E-state index contributed by atoms with van der Waals surface area (Å²) in [7, 11) is 0. The summed E-state index contributed by atoms with van der Waals surface area (Å²) in [5.41, 5.74) is 5.29. The zero-order valence-electron chi connectivity index (χ0n) is 7.62. The Labute approximate surface area is 91.6 Å². The van der Waals surface area contributed by atoms with Crippen LogP contribution in [-0.2, 0) is 4.79 Å². The van der Waals surface area contributed by atoms with Crippen LogP contribution in [0.15, 0.2) is 0 Å². The topological polar surface area (TPSA) is 55.1 Å². The highest BCUT2D eigenvalue weighted by molar-refractivity contribution is 5.85. The van der Waals surface area contributed by atoms with Crippen molar-refractivity contribution in [1.29, 1.82) is 0 Å². The van der Waals surface area contributed by atoms with Crippen LogP contribution in [0, 0.1) is 5.92 Å². The highest BCUT2D eigenvalue weighted by atomic mass is 35.5. The molecular weight excluding hydrogens is 211 g/mol. The van der Waals surface area contributed by atoms with Crippen molar-refractivity contribution in [2.24, 2.45) is 11.7 Å². The third kappa shape index (κ3) is 5.34. The fraction of sp³-hybridized carbons (Fsp3) is 0.875. The first kappa shape index (κ1) is 15.5. The molecule has 80 valence electrons. The summed E-state index contributed by atoms with van der Waals surface area (Å²) in [6.07, 6.45) is 4.26. The fourth-order valence-electron chi connectivity index (χ4n) is 1.13. The van der Waals surface area contributed by atoms with E-state index in [1.165, 1.54) is 6.42 Å². The van der Waals surface area contributed by atoms with E-state index in [9.17, 15) is 4.79 Å². The highest BCUT2D eigenvalue weighted by Gasteiger charge is 2.24. The van der Waals surface area contributed by atoms with E-state index in [0.29, 0.717) is 12.5 Å². The normalized spacial score (nSPS) is 14.8. The largest absolute Gasteiger partial charge is 0.356 e. The average Bonchev–Trinajstić information content (AvgIpc) is 1.84. The second kappa shape index (κ2) is 8.60. The molecule has 3 N–H and O–H groups in total. The molecule has 3 nitrogen and oxygen atoms in total. The summed E-state index contributed by atoms with van der Waals surface area (Å²) in [4.78, 5) is 11.1. The monoisotopic (exact) mass is 228 g/mol. The molecule has 1 rings (SSSR count). The molecule has 1 aliphatic carbocycles. The summed E-state index contributed by atoms with van der Waals surface area (Å²) in [6, 6.07) is 0. The van der Waals surface area contributed by atoms with Gasteiger partial charge in [-0.3, -0.25) is 4.79 Å². The quantitative estimate of drug-likeness (QED) is 0.709. The van der Waals surface area contributed by atoms with Crippen molar-refractivity contribution in [3.63, 3.8) is 0 Å². The van der Waals surface area contributed by atoms with Gasteiger partial charge in [-0.15, -0.1) is 24.8 Å². The molecular formula is C8H18Cl2N2O. The van der Waals surface area contributed by atoms with Crippen LogP contribution < -0.4 is 11.1 Å². The van der Waals surface area contributed by atoms with Gasteiger partial charge in [-0.2, -0.15) is 0 Å². The first-order chi connectivity index (χ1) is 5.34. The molecule has 5 heteroatoms. The van der Waals surface area contributed by atoms with Gasteiger partial charge in [0.05, 0.1) is 0 Å². The zero-order chi connectivity index (χ0) is 8.10. The molecule has 1 fully saturated rings. The molecule has 0 bridgehead atoms. The minimum Gasteiger partial charge on any atom is -0.356 e. The van der Waals surface area contributed by atoms with Crippen molar-refractivity contribution >= 4 is 30.7 Å². The molecule has 13 heavy (non-hydrogen) atoms. The van der Waals surface area contributed by atoms with Crippen LogP contribution in [0.5, 0.6) is 0 Å². The van der Waals surface area contributed by atoms with Gasteiger partial charge in [-0.1, -0.05) is 6.42 Å². The third-order valence-corrected chi connectivity index (χ3v) is 2.16. The number of halogens is 2. The Kier molecular flexibility index (Phi) is 10.2. The Bertz CT molecular complexity index is 140. The van der Waals surface area contributed by atoms with Gasteiger partial charge in [-0.05, 0) is 25.8 Å². The van der Waals surface area contributed by atoms with Crippen LogP contribution in [0.25, 0.3) is 0 Å². The summed E-state index contributed by atoms with van der Waals surface area (Å²) in [5, 5.41) is 2.87. The van der Waals surface area contributed by atoms with Crippen molar-refractivity contribution < 1.29 is 4.79 Å². The minimum absolute atomic E-state index is 0. The second-order valence-electron chi connectivity index (χ2n) is 3.06. The lowest BCUT2D eigenvalue weighted by atomic mass is 9.85. The first-order valence-electron chi connectivity index (χ1n) is 4.32. The zero-order valence-corrected chi connectivity index (χ0v) is 9.26. The summed E-state index contributed by atoms with van der Waals surface area (Å²) in [6.45, 7) is 1.40. The van der Waals surface area contributed by atoms with Crippen LogP contribution in [0.1, 0.15) is 25.7 Å². The number of carbonyl (C=O) groups excluding carboxylic acids is 1. The van der Waals surface area contributed by atoms with Crippen molar-refractivity contribution in [2.45, 2.75) is 25.7 Å². The molecule has 1 saturated carbocycles. The van der Waals surface area contributed by atoms with Crippen LogP contribution >= 0.6 is 24.8 Å². The molecule has 1 aliphatic rings. The summed E-state index contributed by atoms with van der Waals surface area (Å²) >= 11 is 0. The maximum absolute atomic E-state index is 11.1. The lowest BCUT2D eigenvalue weighted by molar-refractivity contribution is -0.127. The van der Waals surface area contributed by atoms with E-state index < -0.39 is 0 Å². The second-order valence-corrected chi connectivity index (χ2v) is 3.06.